The van der Waals surface area contributed by atoms with Crippen molar-refractivity contribution in [2.45, 2.75) is 6.92 Å². The molecule has 0 fully saturated rings. The molecule has 0 aliphatic heterocycles. The number of hydrogen-bond donors (Lipinski definition) is 1. The van der Waals surface area contributed by atoms with Gasteiger partial charge in [-0.2, -0.15) is 0 Å². The molecule has 2 nitrogen and oxygen atoms in total. The van der Waals surface area contributed by atoms with Gasteiger partial charge in [0.1, 0.15) is 0 Å². The number of benzene rings is 1. The van der Waals surface area contributed by atoms with Crippen LogP contribution in [0.5, 0.6) is 0 Å². The first-order chi connectivity index (χ1) is 7.06. The molecule has 1 aromatic carbocycles. The molecular weight excluding hydrogens is 345 g/mol. The maximum absolute atomic E-state index is 11.6. The first-order valence-corrected chi connectivity index (χ1v) is 6.49. The monoisotopic (exact) mass is 353 g/mol. The lowest BCUT2D eigenvalue weighted by molar-refractivity contribution is -0.118. The van der Waals surface area contributed by atoms with E-state index in [1.54, 1.807) is 6.92 Å². The van der Waals surface area contributed by atoms with Gasteiger partial charge in [-0.05, 0) is 44.0 Å². The number of nitrogens with one attached hydrogen (secondary N) is 1. The van der Waals surface area contributed by atoms with Crippen molar-refractivity contribution in [2.24, 2.45) is 5.92 Å². The van der Waals surface area contributed by atoms with Gasteiger partial charge in [0.25, 0.3) is 0 Å². The highest BCUT2D eigenvalue weighted by atomic mass is 79.9. The average Bonchev–Trinajstić information content (AvgIpc) is 2.22. The fourth-order valence-corrected chi connectivity index (χ4v) is 2.27. The van der Waals surface area contributed by atoms with Crippen molar-refractivity contribution in [2.75, 3.05) is 11.2 Å². The number of para-hydroxylation sites is 1. The molecule has 1 aromatic rings. The Balaban J connectivity index is 2.85. The van der Waals surface area contributed by atoms with Gasteiger partial charge in [0.2, 0.25) is 5.91 Å². The quantitative estimate of drug-likeness (QED) is 0.815. The highest BCUT2D eigenvalue weighted by molar-refractivity contribution is 9.11. The van der Waals surface area contributed by atoms with Crippen LogP contribution in [0.3, 0.4) is 0 Å². The Morgan fingerprint density at radius 2 is 2.00 bits per heavy atom. The number of amides is 1. The summed E-state index contributed by atoms with van der Waals surface area (Å²) in [4.78, 5) is 11.6. The summed E-state index contributed by atoms with van der Waals surface area (Å²) >= 11 is 12.3. The molecule has 0 aromatic heterocycles. The van der Waals surface area contributed by atoms with E-state index in [0.717, 1.165) is 14.6 Å². The zero-order valence-electron chi connectivity index (χ0n) is 8.06. The molecule has 82 valence electrons. The van der Waals surface area contributed by atoms with E-state index in [1.165, 1.54) is 0 Å². The van der Waals surface area contributed by atoms with Crippen LogP contribution in [0.15, 0.2) is 27.1 Å². The van der Waals surface area contributed by atoms with E-state index in [2.05, 4.69) is 37.2 Å². The second-order valence-corrected chi connectivity index (χ2v) is 5.16. The van der Waals surface area contributed by atoms with Gasteiger partial charge in [0.15, 0.2) is 0 Å². The lowest BCUT2D eigenvalue weighted by Crippen LogP contribution is -2.21. The fourth-order valence-electron chi connectivity index (χ4n) is 0.934. The molecule has 0 spiro atoms. The van der Waals surface area contributed by atoms with Crippen molar-refractivity contribution in [1.29, 1.82) is 0 Å². The van der Waals surface area contributed by atoms with Crippen molar-refractivity contribution in [3.05, 3.63) is 27.1 Å². The third-order valence-electron chi connectivity index (χ3n) is 1.89. The highest BCUT2D eigenvalue weighted by Gasteiger charge is 2.14. The molecule has 1 rings (SSSR count). The molecule has 0 aliphatic rings. The lowest BCUT2D eigenvalue weighted by atomic mass is 10.2. The third-order valence-corrected chi connectivity index (χ3v) is 3.67. The van der Waals surface area contributed by atoms with E-state index in [4.69, 9.17) is 11.6 Å². The maximum atomic E-state index is 11.6. The summed E-state index contributed by atoms with van der Waals surface area (Å²) in [5, 5.41) is 2.81. The minimum Gasteiger partial charge on any atom is -0.324 e. The van der Waals surface area contributed by atoms with Crippen molar-refractivity contribution in [1.82, 2.24) is 0 Å². The van der Waals surface area contributed by atoms with Crippen LogP contribution < -0.4 is 5.32 Å². The molecule has 1 atom stereocenters. The van der Waals surface area contributed by atoms with Crippen molar-refractivity contribution in [3.8, 4) is 0 Å². The van der Waals surface area contributed by atoms with E-state index in [1.807, 2.05) is 18.2 Å². The van der Waals surface area contributed by atoms with Gasteiger partial charge in [-0.15, -0.1) is 11.6 Å². The summed E-state index contributed by atoms with van der Waals surface area (Å²) in [7, 11) is 0. The molecule has 5 heteroatoms. The second kappa shape index (κ2) is 5.87. The van der Waals surface area contributed by atoms with Gasteiger partial charge in [-0.1, -0.05) is 13.0 Å². The highest BCUT2D eigenvalue weighted by Crippen LogP contribution is 2.30. The van der Waals surface area contributed by atoms with Gasteiger partial charge in [-0.3, -0.25) is 4.79 Å². The van der Waals surface area contributed by atoms with E-state index in [9.17, 15) is 4.79 Å². The number of carbonyl (C=O) groups is 1. The number of hydrogen-bond acceptors (Lipinski definition) is 1. The van der Waals surface area contributed by atoms with Gasteiger partial charge in [0.05, 0.1) is 5.69 Å². The van der Waals surface area contributed by atoms with Crippen LogP contribution in [0.1, 0.15) is 6.92 Å². The predicted octanol–water partition coefficient (Wildman–Crippen LogP) is 4.03. The van der Waals surface area contributed by atoms with Crippen LogP contribution >= 0.6 is 43.5 Å². The smallest absolute Gasteiger partial charge is 0.228 e. The molecule has 0 saturated carbocycles. The van der Waals surface area contributed by atoms with Crippen LogP contribution in [0.2, 0.25) is 0 Å². The number of rotatable bonds is 3. The maximum Gasteiger partial charge on any atom is 0.228 e. The Morgan fingerprint density at radius 3 is 2.47 bits per heavy atom. The Labute approximate surface area is 111 Å². The Kier molecular flexibility index (Phi) is 5.09. The summed E-state index contributed by atoms with van der Waals surface area (Å²) in [5.41, 5.74) is 0.736. The largest absolute Gasteiger partial charge is 0.324 e. The molecule has 0 saturated heterocycles. The molecule has 1 N–H and O–H groups in total. The van der Waals surface area contributed by atoms with E-state index in [0.29, 0.717) is 5.88 Å². The molecule has 0 heterocycles. The number of halogens is 3. The topological polar surface area (TPSA) is 29.1 Å². The first-order valence-electron chi connectivity index (χ1n) is 4.37. The summed E-state index contributed by atoms with van der Waals surface area (Å²) in [6.07, 6.45) is 0. The Hall–Kier alpha value is -0.0600. The van der Waals surface area contributed by atoms with E-state index >= 15 is 0 Å². The van der Waals surface area contributed by atoms with E-state index < -0.39 is 0 Å². The third kappa shape index (κ3) is 3.47. The molecule has 0 bridgehead atoms. The van der Waals surface area contributed by atoms with Crippen LogP contribution in [-0.4, -0.2) is 11.8 Å². The summed E-state index contributed by atoms with van der Waals surface area (Å²) in [6.45, 7) is 1.78. The number of alkyl halides is 1. The van der Waals surface area contributed by atoms with Crippen LogP contribution in [0.25, 0.3) is 0 Å². The zero-order chi connectivity index (χ0) is 11.4. The lowest BCUT2D eigenvalue weighted by Gasteiger charge is -2.12. The zero-order valence-corrected chi connectivity index (χ0v) is 12.0. The minimum atomic E-state index is -0.203. The number of carbonyl (C=O) groups excluding carboxylic acids is 1. The van der Waals surface area contributed by atoms with Gasteiger partial charge in [0, 0.05) is 20.7 Å². The predicted molar refractivity (Wildman–Crippen MR) is 70.4 cm³/mol. The molecule has 15 heavy (non-hydrogen) atoms. The van der Waals surface area contributed by atoms with Crippen LogP contribution in [0, 0.1) is 5.92 Å². The Bertz CT molecular complexity index is 350. The van der Waals surface area contributed by atoms with Gasteiger partial charge < -0.3 is 5.32 Å². The number of anilines is 1. The van der Waals surface area contributed by atoms with E-state index in [-0.39, 0.29) is 11.8 Å². The van der Waals surface area contributed by atoms with Crippen LogP contribution in [-0.2, 0) is 4.79 Å². The first kappa shape index (κ1) is 13.0. The van der Waals surface area contributed by atoms with Crippen LogP contribution in [0.4, 0.5) is 5.69 Å². The molecule has 1 amide bonds. The summed E-state index contributed by atoms with van der Waals surface area (Å²) in [6, 6.07) is 5.62. The molecule has 0 radical (unpaired) electrons. The average molecular weight is 355 g/mol. The molecule has 1 unspecified atom stereocenters. The van der Waals surface area contributed by atoms with Crippen molar-refractivity contribution in [3.63, 3.8) is 0 Å². The summed E-state index contributed by atoms with van der Waals surface area (Å²) < 4.78 is 1.68. The van der Waals surface area contributed by atoms with Crippen molar-refractivity contribution >= 4 is 55.1 Å². The van der Waals surface area contributed by atoms with Gasteiger partial charge in [-0.25, -0.2) is 0 Å². The molecular formula is C10H10Br2ClNO. The van der Waals surface area contributed by atoms with Gasteiger partial charge >= 0.3 is 0 Å². The minimum absolute atomic E-state index is 0.0856. The summed E-state index contributed by atoms with van der Waals surface area (Å²) in [5.74, 6) is 0.0248. The Morgan fingerprint density at radius 1 is 1.47 bits per heavy atom. The molecule has 0 aliphatic carbocycles. The fraction of sp³-hybridized carbons (Fsp3) is 0.300. The van der Waals surface area contributed by atoms with Crippen molar-refractivity contribution < 1.29 is 4.79 Å². The SMILES string of the molecule is CC(CCl)C(=O)Nc1c(Br)cccc1Br. The second-order valence-electron chi connectivity index (χ2n) is 3.14. The standard InChI is InChI=1S/C10H10Br2ClNO/c1-6(5-13)10(15)14-9-7(11)3-2-4-8(9)12/h2-4,6H,5H2,1H3,(H,14,15). The normalized spacial score (nSPS) is 12.3.